The van der Waals surface area contributed by atoms with Gasteiger partial charge in [0.25, 0.3) is 0 Å². The Bertz CT molecular complexity index is 311. The zero-order valence-corrected chi connectivity index (χ0v) is 7.15. The van der Waals surface area contributed by atoms with Crippen LogP contribution in [0, 0.1) is 0 Å². The van der Waals surface area contributed by atoms with Crippen LogP contribution in [0.4, 0.5) is 13.2 Å². The largest absolute Gasteiger partial charge is 0.433 e. The van der Waals surface area contributed by atoms with E-state index in [0.717, 1.165) is 12.3 Å². The van der Waals surface area contributed by atoms with Gasteiger partial charge in [-0.3, -0.25) is 4.98 Å². The molecule has 0 bridgehead atoms. The summed E-state index contributed by atoms with van der Waals surface area (Å²) in [5.41, 5.74) is 4.60. The second kappa shape index (κ2) is 3.51. The molecule has 13 heavy (non-hydrogen) atoms. The van der Waals surface area contributed by atoms with Crippen LogP contribution in [0.1, 0.15) is 11.3 Å². The van der Waals surface area contributed by atoms with E-state index in [1.165, 1.54) is 0 Å². The van der Waals surface area contributed by atoms with Crippen molar-refractivity contribution in [2.45, 2.75) is 12.7 Å². The second-order valence-corrected chi connectivity index (χ2v) is 2.77. The van der Waals surface area contributed by atoms with Crippen molar-refractivity contribution in [3.8, 4) is 0 Å². The summed E-state index contributed by atoms with van der Waals surface area (Å²) in [7, 11) is 0. The van der Waals surface area contributed by atoms with Gasteiger partial charge in [-0.05, 0) is 6.07 Å². The minimum absolute atomic E-state index is 0.00942. The summed E-state index contributed by atoms with van der Waals surface area (Å²) in [5.74, 6) is 0. The maximum atomic E-state index is 12.1. The summed E-state index contributed by atoms with van der Waals surface area (Å²) in [6.07, 6.45) is -3.43. The van der Waals surface area contributed by atoms with Crippen LogP contribution in [0.2, 0.25) is 5.02 Å². The molecule has 0 aliphatic heterocycles. The molecule has 0 radical (unpaired) electrons. The van der Waals surface area contributed by atoms with Crippen molar-refractivity contribution in [2.75, 3.05) is 0 Å². The van der Waals surface area contributed by atoms with Crippen molar-refractivity contribution in [3.63, 3.8) is 0 Å². The number of nitrogens with zero attached hydrogens (tertiary/aromatic N) is 1. The van der Waals surface area contributed by atoms with Crippen molar-refractivity contribution in [3.05, 3.63) is 28.5 Å². The van der Waals surface area contributed by atoms with E-state index in [4.69, 9.17) is 17.3 Å². The fourth-order valence-corrected chi connectivity index (χ4v) is 0.994. The minimum Gasteiger partial charge on any atom is -0.326 e. The average molecular weight is 211 g/mol. The van der Waals surface area contributed by atoms with Crippen molar-refractivity contribution in [1.29, 1.82) is 0 Å². The molecule has 72 valence electrons. The van der Waals surface area contributed by atoms with Crippen LogP contribution in [0.5, 0.6) is 0 Å². The molecule has 0 aromatic carbocycles. The van der Waals surface area contributed by atoms with Gasteiger partial charge in [0, 0.05) is 23.3 Å². The van der Waals surface area contributed by atoms with E-state index in [1.54, 1.807) is 0 Å². The number of pyridine rings is 1. The van der Waals surface area contributed by atoms with Crippen LogP contribution in [-0.2, 0) is 12.7 Å². The molecule has 2 N–H and O–H groups in total. The Kier molecular flexibility index (Phi) is 2.77. The molecule has 0 unspecified atom stereocenters. The lowest BCUT2D eigenvalue weighted by Crippen LogP contribution is -2.09. The molecule has 0 amide bonds. The van der Waals surface area contributed by atoms with Crippen LogP contribution in [-0.4, -0.2) is 4.98 Å². The summed E-state index contributed by atoms with van der Waals surface area (Å²) in [6.45, 7) is 0.0734. The second-order valence-electron chi connectivity index (χ2n) is 2.36. The molecule has 6 heteroatoms. The van der Waals surface area contributed by atoms with Gasteiger partial charge >= 0.3 is 6.18 Å². The van der Waals surface area contributed by atoms with Gasteiger partial charge < -0.3 is 5.73 Å². The molecule has 2 nitrogen and oxygen atoms in total. The Morgan fingerprint density at radius 3 is 2.46 bits per heavy atom. The Morgan fingerprint density at radius 2 is 2.08 bits per heavy atom. The van der Waals surface area contributed by atoms with Crippen molar-refractivity contribution >= 4 is 11.6 Å². The Hall–Kier alpha value is -0.810. The lowest BCUT2D eigenvalue weighted by atomic mass is 10.2. The molecule has 0 fully saturated rings. The summed E-state index contributed by atoms with van der Waals surface area (Å²) in [5, 5.41) is -0.00942. The van der Waals surface area contributed by atoms with E-state index in [2.05, 4.69) is 4.98 Å². The Labute approximate surface area is 77.5 Å². The third-order valence-corrected chi connectivity index (χ3v) is 1.79. The van der Waals surface area contributed by atoms with Gasteiger partial charge in [0.2, 0.25) is 0 Å². The lowest BCUT2D eigenvalue weighted by molar-refractivity contribution is -0.141. The van der Waals surface area contributed by atoms with Crippen molar-refractivity contribution < 1.29 is 13.2 Å². The van der Waals surface area contributed by atoms with Crippen LogP contribution in [0.15, 0.2) is 12.3 Å². The number of rotatable bonds is 1. The molecule has 0 aliphatic carbocycles. The van der Waals surface area contributed by atoms with Crippen molar-refractivity contribution in [1.82, 2.24) is 4.98 Å². The molecule has 0 saturated heterocycles. The maximum absolute atomic E-state index is 12.1. The van der Waals surface area contributed by atoms with Crippen molar-refractivity contribution in [2.24, 2.45) is 5.73 Å². The molecular formula is C7H6ClF3N2. The summed E-state index contributed by atoms with van der Waals surface area (Å²) in [6, 6.07) is 0.768. The first-order valence-corrected chi connectivity index (χ1v) is 3.74. The molecular weight excluding hydrogens is 205 g/mol. The first-order valence-electron chi connectivity index (χ1n) is 3.37. The average Bonchev–Trinajstić information content (AvgIpc) is 2.02. The number of hydrogen-bond donors (Lipinski definition) is 1. The summed E-state index contributed by atoms with van der Waals surface area (Å²) >= 11 is 5.52. The Balaban J connectivity index is 3.10. The van der Waals surface area contributed by atoms with Gasteiger partial charge in [0.05, 0.1) is 0 Å². The lowest BCUT2D eigenvalue weighted by Gasteiger charge is -2.07. The van der Waals surface area contributed by atoms with Gasteiger partial charge in [-0.15, -0.1) is 0 Å². The molecule has 1 rings (SSSR count). The number of halogens is 4. The molecule has 0 aliphatic rings. The van der Waals surface area contributed by atoms with Gasteiger partial charge in [0.1, 0.15) is 5.69 Å². The molecule has 0 saturated carbocycles. The summed E-state index contributed by atoms with van der Waals surface area (Å²) in [4.78, 5) is 3.19. The normalized spacial score (nSPS) is 11.8. The van der Waals surface area contributed by atoms with E-state index in [-0.39, 0.29) is 11.6 Å². The van der Waals surface area contributed by atoms with E-state index >= 15 is 0 Å². The SMILES string of the molecule is NCc1cnc(C(F)(F)F)cc1Cl. The number of alkyl halides is 3. The predicted octanol–water partition coefficient (Wildman–Crippen LogP) is 2.21. The summed E-state index contributed by atoms with van der Waals surface area (Å²) < 4.78 is 36.2. The highest BCUT2D eigenvalue weighted by molar-refractivity contribution is 6.31. The van der Waals surface area contributed by atoms with E-state index < -0.39 is 11.9 Å². The topological polar surface area (TPSA) is 38.9 Å². The maximum Gasteiger partial charge on any atom is 0.433 e. The van der Waals surface area contributed by atoms with Crippen LogP contribution in [0.3, 0.4) is 0 Å². The van der Waals surface area contributed by atoms with E-state index in [0.29, 0.717) is 5.56 Å². The highest BCUT2D eigenvalue weighted by atomic mass is 35.5. The Morgan fingerprint density at radius 1 is 1.46 bits per heavy atom. The monoisotopic (exact) mass is 210 g/mol. The highest BCUT2D eigenvalue weighted by Crippen LogP contribution is 2.29. The molecule has 1 aromatic rings. The fourth-order valence-electron chi connectivity index (χ4n) is 0.764. The van der Waals surface area contributed by atoms with E-state index in [9.17, 15) is 13.2 Å². The molecule has 1 aromatic heterocycles. The number of nitrogens with two attached hydrogens (primary N) is 1. The van der Waals surface area contributed by atoms with E-state index in [1.807, 2.05) is 0 Å². The zero-order valence-electron chi connectivity index (χ0n) is 6.40. The first-order chi connectivity index (χ1) is 5.95. The van der Waals surface area contributed by atoms with Gasteiger partial charge in [-0.1, -0.05) is 11.6 Å². The smallest absolute Gasteiger partial charge is 0.326 e. The number of aromatic nitrogens is 1. The molecule has 0 atom stereocenters. The minimum atomic E-state index is -4.46. The predicted molar refractivity (Wildman–Crippen MR) is 42.1 cm³/mol. The van der Waals surface area contributed by atoms with Crippen LogP contribution >= 0.6 is 11.6 Å². The third-order valence-electron chi connectivity index (χ3n) is 1.44. The first kappa shape index (κ1) is 10.3. The number of hydrogen-bond acceptors (Lipinski definition) is 2. The third kappa shape index (κ3) is 2.32. The van der Waals surface area contributed by atoms with Gasteiger partial charge in [-0.2, -0.15) is 13.2 Å². The van der Waals surface area contributed by atoms with Gasteiger partial charge in [-0.25, -0.2) is 0 Å². The quantitative estimate of drug-likeness (QED) is 0.772. The van der Waals surface area contributed by atoms with Gasteiger partial charge in [0.15, 0.2) is 0 Å². The van der Waals surface area contributed by atoms with Crippen LogP contribution < -0.4 is 5.73 Å². The van der Waals surface area contributed by atoms with Crippen LogP contribution in [0.25, 0.3) is 0 Å². The zero-order chi connectivity index (χ0) is 10.1. The fraction of sp³-hybridized carbons (Fsp3) is 0.286. The molecule has 1 heterocycles. The standard InChI is InChI=1S/C7H6ClF3N2/c8-5-1-6(7(9,10)11)13-3-4(5)2-12/h1,3H,2,12H2. The highest BCUT2D eigenvalue weighted by Gasteiger charge is 2.32. The molecule has 0 spiro atoms.